The van der Waals surface area contributed by atoms with Crippen LogP contribution in [-0.2, 0) is 4.79 Å². The third-order valence-corrected chi connectivity index (χ3v) is 5.12. The van der Waals surface area contributed by atoms with Crippen molar-refractivity contribution in [2.45, 2.75) is 26.3 Å². The summed E-state index contributed by atoms with van der Waals surface area (Å²) in [6.45, 7) is 4.01. The van der Waals surface area contributed by atoms with Gasteiger partial charge in [0.1, 0.15) is 4.32 Å². The molecule has 0 bridgehead atoms. The number of nitrogens with zero attached hydrogens (tertiary/aromatic N) is 1. The molecular weight excluding hydrogens is 333 g/mol. The van der Waals surface area contributed by atoms with Gasteiger partial charge in [-0.2, -0.15) is 0 Å². The Hall–Kier alpha value is -0.550. The highest BCUT2D eigenvalue weighted by atomic mass is 35.5. The lowest BCUT2D eigenvalue weighted by molar-refractivity contribution is -0.123. The summed E-state index contributed by atoms with van der Waals surface area (Å²) in [5, 5.41) is 1.04. The molecule has 106 valence electrons. The van der Waals surface area contributed by atoms with Gasteiger partial charge in [-0.05, 0) is 31.6 Å². The monoisotopic (exact) mass is 345 g/mol. The smallest absolute Gasteiger partial charge is 0.266 e. The summed E-state index contributed by atoms with van der Waals surface area (Å²) in [5.41, 5.74) is 0.653. The fourth-order valence-electron chi connectivity index (χ4n) is 1.82. The lowest BCUT2D eigenvalue weighted by atomic mass is 10.2. The Morgan fingerprint density at radius 1 is 1.40 bits per heavy atom. The number of hydrogen-bond donors (Lipinski definition) is 0. The molecule has 1 atom stereocenters. The van der Waals surface area contributed by atoms with Crippen molar-refractivity contribution in [2.24, 2.45) is 0 Å². The Morgan fingerprint density at radius 3 is 2.55 bits per heavy atom. The van der Waals surface area contributed by atoms with Crippen molar-refractivity contribution in [3.8, 4) is 0 Å². The van der Waals surface area contributed by atoms with Crippen LogP contribution in [0.3, 0.4) is 0 Å². The molecule has 0 unspecified atom stereocenters. The number of thiocarbonyl (C=S) groups is 1. The van der Waals surface area contributed by atoms with Crippen LogP contribution in [0.25, 0.3) is 6.08 Å². The first kappa shape index (κ1) is 15.8. The highest BCUT2D eigenvalue weighted by Crippen LogP contribution is 2.36. The molecule has 0 spiro atoms. The molecule has 0 saturated carbocycles. The number of amides is 1. The van der Waals surface area contributed by atoms with E-state index in [1.807, 2.05) is 13.8 Å². The summed E-state index contributed by atoms with van der Waals surface area (Å²) < 4.78 is 0.582. The fraction of sp³-hybridized carbons (Fsp3) is 0.286. The first-order valence-electron chi connectivity index (χ1n) is 6.16. The second-order valence-corrected chi connectivity index (χ2v) is 6.93. The normalized spacial score (nSPS) is 19.0. The van der Waals surface area contributed by atoms with Crippen LogP contribution in [0, 0.1) is 0 Å². The minimum atomic E-state index is -0.0784. The van der Waals surface area contributed by atoms with Gasteiger partial charge in [0, 0.05) is 21.7 Å². The van der Waals surface area contributed by atoms with E-state index in [0.717, 1.165) is 6.42 Å². The number of benzene rings is 1. The topological polar surface area (TPSA) is 20.3 Å². The zero-order chi connectivity index (χ0) is 14.9. The number of carbonyl (C=O) groups is 1. The van der Waals surface area contributed by atoms with E-state index < -0.39 is 0 Å². The summed E-state index contributed by atoms with van der Waals surface area (Å²) in [7, 11) is 0. The van der Waals surface area contributed by atoms with E-state index >= 15 is 0 Å². The van der Waals surface area contributed by atoms with Gasteiger partial charge in [-0.3, -0.25) is 9.69 Å². The number of hydrogen-bond acceptors (Lipinski definition) is 3. The molecule has 1 amide bonds. The maximum Gasteiger partial charge on any atom is 0.266 e. The molecule has 1 aliphatic heterocycles. The van der Waals surface area contributed by atoms with E-state index in [1.165, 1.54) is 11.8 Å². The molecule has 0 aromatic heterocycles. The second kappa shape index (κ2) is 6.48. The lowest BCUT2D eigenvalue weighted by Crippen LogP contribution is -2.36. The summed E-state index contributed by atoms with van der Waals surface area (Å²) in [5.74, 6) is -0.0784. The molecule has 2 nitrogen and oxygen atoms in total. The van der Waals surface area contributed by atoms with Crippen LogP contribution in [0.2, 0.25) is 10.0 Å². The molecule has 1 heterocycles. The van der Waals surface area contributed by atoms with Crippen LogP contribution in [0.4, 0.5) is 0 Å². The van der Waals surface area contributed by atoms with Crippen LogP contribution in [0.5, 0.6) is 0 Å². The average molecular weight is 346 g/mol. The molecule has 0 aliphatic carbocycles. The zero-order valence-electron chi connectivity index (χ0n) is 11.0. The SMILES string of the molecule is CC[C@@H](C)N1C(=O)/C(=C/c2c(Cl)cccc2Cl)SC1=S. The van der Waals surface area contributed by atoms with Gasteiger partial charge in [-0.1, -0.05) is 60.2 Å². The number of thioether (sulfide) groups is 1. The summed E-state index contributed by atoms with van der Waals surface area (Å²) in [4.78, 5) is 14.6. The number of rotatable bonds is 3. The van der Waals surface area contributed by atoms with Crippen molar-refractivity contribution in [3.05, 3.63) is 38.7 Å². The molecule has 1 aromatic rings. The molecule has 6 heteroatoms. The fourth-order valence-corrected chi connectivity index (χ4v) is 3.77. The standard InChI is InChI=1S/C14H13Cl2NOS2/c1-3-8(2)17-13(18)12(20-14(17)19)7-9-10(15)5-4-6-11(9)16/h4-8H,3H2,1-2H3/b12-7-/t8-/m1/s1. The van der Waals surface area contributed by atoms with Gasteiger partial charge in [0.05, 0.1) is 4.91 Å². The molecular formula is C14H13Cl2NOS2. The molecule has 1 fully saturated rings. The Kier molecular flexibility index (Phi) is 5.13. The Balaban J connectivity index is 2.38. The maximum atomic E-state index is 12.4. The third kappa shape index (κ3) is 3.03. The van der Waals surface area contributed by atoms with Crippen molar-refractivity contribution >= 4 is 63.5 Å². The quantitative estimate of drug-likeness (QED) is 0.568. The van der Waals surface area contributed by atoms with Gasteiger partial charge in [-0.15, -0.1) is 0 Å². The summed E-state index contributed by atoms with van der Waals surface area (Å²) in [6.07, 6.45) is 2.57. The van der Waals surface area contributed by atoms with Crippen molar-refractivity contribution in [2.75, 3.05) is 0 Å². The second-order valence-electron chi connectivity index (χ2n) is 4.44. The van der Waals surface area contributed by atoms with E-state index in [0.29, 0.717) is 24.8 Å². The average Bonchev–Trinajstić information content (AvgIpc) is 2.68. The highest BCUT2D eigenvalue weighted by Gasteiger charge is 2.34. The molecule has 1 saturated heterocycles. The van der Waals surface area contributed by atoms with Crippen LogP contribution < -0.4 is 0 Å². The van der Waals surface area contributed by atoms with Gasteiger partial charge in [0.25, 0.3) is 5.91 Å². The number of halogens is 2. The molecule has 20 heavy (non-hydrogen) atoms. The predicted molar refractivity (Wildman–Crippen MR) is 91.2 cm³/mol. The van der Waals surface area contributed by atoms with E-state index in [4.69, 9.17) is 35.4 Å². The third-order valence-electron chi connectivity index (χ3n) is 3.13. The van der Waals surface area contributed by atoms with Crippen molar-refractivity contribution < 1.29 is 4.79 Å². The van der Waals surface area contributed by atoms with Crippen LogP contribution in [-0.4, -0.2) is 21.2 Å². The van der Waals surface area contributed by atoms with Gasteiger partial charge in [0.2, 0.25) is 0 Å². The van der Waals surface area contributed by atoms with Gasteiger partial charge in [0.15, 0.2) is 0 Å². The van der Waals surface area contributed by atoms with Crippen LogP contribution >= 0.6 is 47.2 Å². The molecule has 1 aromatic carbocycles. The Bertz CT molecular complexity index is 581. The van der Waals surface area contributed by atoms with Gasteiger partial charge < -0.3 is 0 Å². The van der Waals surface area contributed by atoms with Crippen molar-refractivity contribution in [1.29, 1.82) is 0 Å². The van der Waals surface area contributed by atoms with E-state index in [2.05, 4.69) is 0 Å². The van der Waals surface area contributed by atoms with Crippen molar-refractivity contribution in [1.82, 2.24) is 4.90 Å². The molecule has 1 aliphatic rings. The molecule has 0 N–H and O–H groups in total. The summed E-state index contributed by atoms with van der Waals surface area (Å²) >= 11 is 18.8. The van der Waals surface area contributed by atoms with Crippen molar-refractivity contribution in [3.63, 3.8) is 0 Å². The van der Waals surface area contributed by atoms with E-state index in [1.54, 1.807) is 29.2 Å². The Labute approximate surface area is 138 Å². The van der Waals surface area contributed by atoms with Gasteiger partial charge >= 0.3 is 0 Å². The van der Waals surface area contributed by atoms with E-state index in [9.17, 15) is 4.79 Å². The largest absolute Gasteiger partial charge is 0.290 e. The van der Waals surface area contributed by atoms with E-state index in [-0.39, 0.29) is 11.9 Å². The number of carbonyl (C=O) groups excluding carboxylic acids is 1. The highest BCUT2D eigenvalue weighted by molar-refractivity contribution is 8.26. The minimum Gasteiger partial charge on any atom is -0.290 e. The maximum absolute atomic E-state index is 12.4. The summed E-state index contributed by atoms with van der Waals surface area (Å²) in [6, 6.07) is 5.35. The first-order chi connectivity index (χ1) is 9.45. The van der Waals surface area contributed by atoms with Crippen LogP contribution in [0.15, 0.2) is 23.1 Å². The lowest BCUT2D eigenvalue weighted by Gasteiger charge is -2.21. The van der Waals surface area contributed by atoms with Crippen LogP contribution in [0.1, 0.15) is 25.8 Å². The minimum absolute atomic E-state index is 0.0784. The zero-order valence-corrected chi connectivity index (χ0v) is 14.2. The first-order valence-corrected chi connectivity index (χ1v) is 8.14. The van der Waals surface area contributed by atoms with Gasteiger partial charge in [-0.25, -0.2) is 0 Å². The molecule has 0 radical (unpaired) electrons. The molecule has 2 rings (SSSR count). The predicted octanol–water partition coefficient (Wildman–Crippen LogP) is 4.99. The Morgan fingerprint density at radius 2 is 2.00 bits per heavy atom.